The van der Waals surface area contributed by atoms with E-state index in [-0.39, 0.29) is 5.82 Å². The zero-order valence-electron chi connectivity index (χ0n) is 13.9. The summed E-state index contributed by atoms with van der Waals surface area (Å²) in [6.07, 6.45) is 0.964. The fraction of sp³-hybridized carbons (Fsp3) is 0.238. The Morgan fingerprint density at radius 2 is 1.96 bits per heavy atom. The van der Waals surface area contributed by atoms with Crippen LogP contribution < -0.4 is 0 Å². The average Bonchev–Trinajstić information content (AvgIpc) is 2.87. The van der Waals surface area contributed by atoms with E-state index in [1.807, 2.05) is 6.07 Å². The molecule has 0 unspecified atom stereocenters. The van der Waals surface area contributed by atoms with Crippen LogP contribution in [0.15, 0.2) is 42.5 Å². The summed E-state index contributed by atoms with van der Waals surface area (Å²) in [7, 11) is 2.15. The minimum Gasteiger partial charge on any atom is -0.302 e. The van der Waals surface area contributed by atoms with E-state index in [1.165, 1.54) is 28.3 Å². The molecule has 0 amide bonds. The number of aryl methyl sites for hydroxylation is 1. The summed E-state index contributed by atoms with van der Waals surface area (Å²) >= 11 is 0. The van der Waals surface area contributed by atoms with E-state index < -0.39 is 0 Å². The number of benzene rings is 2. The quantitative estimate of drug-likeness (QED) is 0.570. The van der Waals surface area contributed by atoms with Gasteiger partial charge in [0.15, 0.2) is 0 Å². The number of nitrogens with zero attached hydrogens (tertiary/aromatic N) is 2. The molecule has 0 fully saturated rings. The van der Waals surface area contributed by atoms with E-state index >= 15 is 0 Å². The van der Waals surface area contributed by atoms with Gasteiger partial charge in [-0.3, -0.25) is 4.57 Å². The Morgan fingerprint density at radius 1 is 1.12 bits per heavy atom. The maximum atomic E-state index is 13.9. The van der Waals surface area contributed by atoms with Crippen LogP contribution in [0.3, 0.4) is 0 Å². The summed E-state index contributed by atoms with van der Waals surface area (Å²) in [6, 6.07) is 16.3. The van der Waals surface area contributed by atoms with Crippen molar-refractivity contribution >= 4 is 10.9 Å². The first kappa shape index (κ1) is 15.0. The highest BCUT2D eigenvalue weighted by Gasteiger charge is 2.21. The summed E-state index contributed by atoms with van der Waals surface area (Å²) < 4.78 is 15.9. The molecule has 2 aromatic carbocycles. The van der Waals surface area contributed by atoms with Crippen molar-refractivity contribution < 1.29 is 4.39 Å². The first-order chi connectivity index (χ1) is 11.6. The van der Waals surface area contributed by atoms with Crippen LogP contribution in [0.1, 0.15) is 22.4 Å². The van der Waals surface area contributed by atoms with Crippen molar-refractivity contribution in [1.29, 1.82) is 0 Å². The van der Waals surface area contributed by atoms with Gasteiger partial charge in [0.2, 0.25) is 0 Å². The molecule has 0 bridgehead atoms. The van der Waals surface area contributed by atoms with Crippen LogP contribution in [0.25, 0.3) is 10.9 Å². The Hall–Kier alpha value is -2.57. The summed E-state index contributed by atoms with van der Waals surface area (Å²) in [5, 5.41) is 1.26. The summed E-state index contributed by atoms with van der Waals surface area (Å²) in [4.78, 5) is 2.33. The Labute approximate surface area is 141 Å². The second kappa shape index (κ2) is 5.81. The fourth-order valence-corrected chi connectivity index (χ4v) is 3.41. The summed E-state index contributed by atoms with van der Waals surface area (Å²) in [5.41, 5.74) is 5.42. The molecule has 3 heteroatoms. The van der Waals surface area contributed by atoms with Crippen molar-refractivity contribution in [3.8, 4) is 12.0 Å². The lowest BCUT2D eigenvalue weighted by Crippen LogP contribution is -2.27. The second-order valence-corrected chi connectivity index (χ2v) is 6.49. The molecular weight excluding hydrogens is 299 g/mol. The standard InChI is InChI=1S/C21H19FN2/c1-15-7-8-20-17(13-15)18-14-23(2)11-10-21(18)24(20)12-9-16-5-3-4-6-19(16)22/h3-8,13H,10-11,14H2,1-2H3. The number of hydrogen-bond donors (Lipinski definition) is 0. The highest BCUT2D eigenvalue weighted by molar-refractivity contribution is 5.87. The predicted molar refractivity (Wildman–Crippen MR) is 95.4 cm³/mol. The monoisotopic (exact) mass is 318 g/mol. The van der Waals surface area contributed by atoms with Gasteiger partial charge in [0, 0.05) is 36.6 Å². The Bertz CT molecular complexity index is 988. The zero-order chi connectivity index (χ0) is 16.7. The van der Waals surface area contributed by atoms with Gasteiger partial charge in [-0.25, -0.2) is 4.39 Å². The number of aromatic nitrogens is 1. The van der Waals surface area contributed by atoms with Crippen molar-refractivity contribution in [2.45, 2.75) is 19.9 Å². The molecule has 1 aliphatic rings. The predicted octanol–water partition coefficient (Wildman–Crippen LogP) is 3.93. The third-order valence-corrected chi connectivity index (χ3v) is 4.67. The van der Waals surface area contributed by atoms with Crippen molar-refractivity contribution in [3.63, 3.8) is 0 Å². The van der Waals surface area contributed by atoms with E-state index in [4.69, 9.17) is 0 Å². The molecule has 4 rings (SSSR count). The highest BCUT2D eigenvalue weighted by atomic mass is 19.1. The van der Waals surface area contributed by atoms with Gasteiger partial charge in [-0.15, -0.1) is 0 Å². The maximum Gasteiger partial charge on any atom is 0.138 e. The third-order valence-electron chi connectivity index (χ3n) is 4.67. The van der Waals surface area contributed by atoms with Gasteiger partial charge in [-0.05, 0) is 49.7 Å². The molecule has 120 valence electrons. The first-order valence-electron chi connectivity index (χ1n) is 8.21. The van der Waals surface area contributed by atoms with Gasteiger partial charge in [0.25, 0.3) is 0 Å². The maximum absolute atomic E-state index is 13.9. The fourth-order valence-electron chi connectivity index (χ4n) is 3.41. The Kier molecular flexibility index (Phi) is 3.63. The molecule has 0 atom stereocenters. The van der Waals surface area contributed by atoms with Crippen molar-refractivity contribution in [2.24, 2.45) is 0 Å². The lowest BCUT2D eigenvalue weighted by Gasteiger charge is -2.23. The number of halogens is 1. The van der Waals surface area contributed by atoms with Gasteiger partial charge in [0.1, 0.15) is 5.82 Å². The van der Waals surface area contributed by atoms with Gasteiger partial charge in [-0.1, -0.05) is 23.8 Å². The minimum atomic E-state index is -0.272. The summed E-state index contributed by atoms with van der Waals surface area (Å²) in [6.45, 7) is 4.06. The second-order valence-electron chi connectivity index (χ2n) is 6.49. The molecule has 0 spiro atoms. The average molecular weight is 318 g/mol. The molecule has 1 aromatic heterocycles. The van der Waals surface area contributed by atoms with Crippen LogP contribution in [0.2, 0.25) is 0 Å². The van der Waals surface area contributed by atoms with Gasteiger partial charge < -0.3 is 4.90 Å². The number of rotatable bonds is 0. The molecule has 0 aliphatic carbocycles. The zero-order valence-corrected chi connectivity index (χ0v) is 13.9. The lowest BCUT2D eigenvalue weighted by molar-refractivity contribution is 0.311. The number of likely N-dealkylation sites (N-methyl/N-ethyl adjacent to an activating group) is 1. The molecule has 0 saturated heterocycles. The van der Waals surface area contributed by atoms with E-state index in [2.05, 4.69) is 53.6 Å². The van der Waals surface area contributed by atoms with E-state index in [0.29, 0.717) is 5.56 Å². The summed E-state index contributed by atoms with van der Waals surface area (Å²) in [5.74, 6) is 2.74. The highest BCUT2D eigenvalue weighted by Crippen LogP contribution is 2.30. The first-order valence-corrected chi connectivity index (χ1v) is 8.21. The number of hydrogen-bond acceptors (Lipinski definition) is 1. The molecule has 24 heavy (non-hydrogen) atoms. The Morgan fingerprint density at radius 3 is 2.79 bits per heavy atom. The third kappa shape index (κ3) is 2.50. The van der Waals surface area contributed by atoms with Gasteiger partial charge in [0.05, 0.1) is 11.1 Å². The molecule has 0 saturated carbocycles. The van der Waals surface area contributed by atoms with Crippen LogP contribution in [0.5, 0.6) is 0 Å². The van der Waals surface area contributed by atoms with Crippen LogP contribution in [0, 0.1) is 24.7 Å². The van der Waals surface area contributed by atoms with Gasteiger partial charge >= 0.3 is 0 Å². The minimum absolute atomic E-state index is 0.272. The molecule has 2 nitrogen and oxygen atoms in total. The molecule has 1 aliphatic heterocycles. The van der Waals surface area contributed by atoms with Crippen LogP contribution in [0.4, 0.5) is 4.39 Å². The normalized spacial score (nSPS) is 14.3. The topological polar surface area (TPSA) is 8.17 Å². The number of fused-ring (bicyclic) bond motifs is 3. The molecular formula is C21H19FN2. The van der Waals surface area contributed by atoms with Crippen molar-refractivity contribution in [1.82, 2.24) is 9.47 Å². The molecule has 2 heterocycles. The van der Waals surface area contributed by atoms with E-state index in [0.717, 1.165) is 25.0 Å². The van der Waals surface area contributed by atoms with E-state index in [1.54, 1.807) is 12.1 Å². The smallest absolute Gasteiger partial charge is 0.138 e. The van der Waals surface area contributed by atoms with E-state index in [9.17, 15) is 4.39 Å². The largest absolute Gasteiger partial charge is 0.302 e. The Balaban J connectivity index is 1.92. The van der Waals surface area contributed by atoms with Crippen molar-refractivity contribution in [3.05, 3.63) is 70.7 Å². The van der Waals surface area contributed by atoms with Crippen molar-refractivity contribution in [2.75, 3.05) is 13.6 Å². The van der Waals surface area contributed by atoms with Gasteiger partial charge in [-0.2, -0.15) is 0 Å². The molecule has 0 N–H and O–H groups in total. The molecule has 0 radical (unpaired) electrons. The van der Waals surface area contributed by atoms with Crippen LogP contribution in [-0.4, -0.2) is 23.1 Å². The lowest BCUT2D eigenvalue weighted by atomic mass is 10.0. The molecule has 3 aromatic rings. The van der Waals surface area contributed by atoms with Crippen LogP contribution in [-0.2, 0) is 13.0 Å². The van der Waals surface area contributed by atoms with Crippen LogP contribution >= 0.6 is 0 Å². The SMILES string of the molecule is Cc1ccc2c(c1)c1c(n2C#Cc2ccccc2F)CCN(C)C1.